The minimum atomic E-state index is -3.67. The van der Waals surface area contributed by atoms with Gasteiger partial charge < -0.3 is 19.4 Å². The highest BCUT2D eigenvalue weighted by Crippen LogP contribution is 2.49. The molecular weight excluding hydrogens is 538 g/mol. The normalized spacial score (nSPS) is 20.9. The molecule has 2 aliphatic heterocycles. The van der Waals surface area contributed by atoms with E-state index in [0.717, 1.165) is 34.6 Å². The summed E-state index contributed by atoms with van der Waals surface area (Å²) >= 11 is 0. The van der Waals surface area contributed by atoms with Crippen LogP contribution < -0.4 is 5.32 Å². The van der Waals surface area contributed by atoms with E-state index < -0.39 is 15.6 Å². The molecule has 0 spiro atoms. The van der Waals surface area contributed by atoms with Crippen LogP contribution in [0.1, 0.15) is 107 Å². The summed E-state index contributed by atoms with van der Waals surface area (Å²) in [6, 6.07) is 5.94. The number of benzene rings is 1. The van der Waals surface area contributed by atoms with E-state index in [9.17, 15) is 13.2 Å². The Bertz CT molecular complexity index is 1400. The van der Waals surface area contributed by atoms with Gasteiger partial charge in [-0.1, -0.05) is 33.1 Å². The molecule has 1 saturated heterocycles. The van der Waals surface area contributed by atoms with Crippen LogP contribution >= 0.6 is 0 Å². The third-order valence-electron chi connectivity index (χ3n) is 9.10. The average molecular weight is 586 g/mol. The van der Waals surface area contributed by atoms with Gasteiger partial charge in [0.2, 0.25) is 10.0 Å². The van der Waals surface area contributed by atoms with Crippen molar-refractivity contribution in [2.75, 3.05) is 20.3 Å². The largest absolute Gasteiger partial charge is 0.378 e. The van der Waals surface area contributed by atoms with Crippen molar-refractivity contribution in [1.82, 2.24) is 14.2 Å². The number of methoxy groups -OCH3 is 1. The van der Waals surface area contributed by atoms with E-state index in [2.05, 4.69) is 29.8 Å². The summed E-state index contributed by atoms with van der Waals surface area (Å²) in [4.78, 5) is 14.0. The van der Waals surface area contributed by atoms with E-state index in [4.69, 9.17) is 9.47 Å². The zero-order valence-corrected chi connectivity index (χ0v) is 26.6. The molecule has 1 aromatic heterocycles. The Morgan fingerprint density at radius 1 is 1.10 bits per heavy atom. The second kappa shape index (κ2) is 11.5. The van der Waals surface area contributed by atoms with Gasteiger partial charge in [-0.3, -0.25) is 4.79 Å². The van der Waals surface area contributed by atoms with Crippen LogP contribution in [0.4, 0.5) is 0 Å². The Hall–Kier alpha value is -2.20. The van der Waals surface area contributed by atoms with Gasteiger partial charge in [-0.05, 0) is 87.3 Å². The number of nitrogens with zero attached hydrogens (tertiary/aromatic N) is 2. The van der Waals surface area contributed by atoms with E-state index in [-0.39, 0.29) is 23.9 Å². The Balaban J connectivity index is 1.72. The Morgan fingerprint density at radius 3 is 2.34 bits per heavy atom. The van der Waals surface area contributed by atoms with Crippen LogP contribution in [-0.4, -0.2) is 55.6 Å². The number of fused-ring (bicyclic) bond motifs is 1. The van der Waals surface area contributed by atoms with Gasteiger partial charge in [-0.2, -0.15) is 4.31 Å². The van der Waals surface area contributed by atoms with Gasteiger partial charge in [0.05, 0.1) is 47.6 Å². The molecule has 5 rings (SSSR count). The first-order valence-corrected chi connectivity index (χ1v) is 16.6. The molecule has 0 unspecified atom stereocenters. The molecule has 3 heterocycles. The summed E-state index contributed by atoms with van der Waals surface area (Å²) in [5.74, 6) is 0.407. The van der Waals surface area contributed by atoms with Crippen molar-refractivity contribution >= 4 is 15.9 Å². The highest BCUT2D eigenvalue weighted by atomic mass is 32.2. The fourth-order valence-electron chi connectivity index (χ4n) is 7.15. The first-order chi connectivity index (χ1) is 19.4. The molecule has 1 saturated carbocycles. The van der Waals surface area contributed by atoms with Crippen LogP contribution in [0.5, 0.6) is 0 Å². The van der Waals surface area contributed by atoms with Crippen molar-refractivity contribution in [3.05, 3.63) is 40.6 Å². The number of carbonyl (C=O) groups is 1. The molecule has 1 amide bonds. The summed E-state index contributed by atoms with van der Waals surface area (Å²) in [6.07, 6.45) is 6.06. The average Bonchev–Trinajstić information content (AvgIpc) is 3.30. The van der Waals surface area contributed by atoms with Gasteiger partial charge >= 0.3 is 0 Å². The van der Waals surface area contributed by atoms with Crippen molar-refractivity contribution in [3.63, 3.8) is 0 Å². The summed E-state index contributed by atoms with van der Waals surface area (Å²) in [5.41, 5.74) is 4.32. The molecule has 1 aromatic carbocycles. The molecule has 1 N–H and O–H groups in total. The quantitative estimate of drug-likeness (QED) is 0.403. The number of sulfonamides is 1. The van der Waals surface area contributed by atoms with Crippen LogP contribution in [0, 0.1) is 5.92 Å². The lowest BCUT2D eigenvalue weighted by molar-refractivity contribution is -0.00351. The second-order valence-electron chi connectivity index (χ2n) is 13.2. The van der Waals surface area contributed by atoms with Crippen LogP contribution in [-0.2, 0) is 38.2 Å². The topological polar surface area (TPSA) is 89.9 Å². The SMILES string of the molecule is COCc1c(C(=O)NC2COC2)cc(-c2cc(C(C)C)c3c(c2)C(C)(C)N(C(C)C)S3(=O)=O)n1CC1CCCCC1. The minimum Gasteiger partial charge on any atom is -0.378 e. The van der Waals surface area contributed by atoms with E-state index in [1.165, 1.54) is 32.1 Å². The number of hydrogen-bond acceptors (Lipinski definition) is 5. The first-order valence-electron chi connectivity index (χ1n) is 15.2. The highest BCUT2D eigenvalue weighted by Gasteiger charge is 2.51. The number of rotatable bonds is 9. The summed E-state index contributed by atoms with van der Waals surface area (Å²) in [5, 5.41) is 3.12. The van der Waals surface area contributed by atoms with E-state index in [0.29, 0.717) is 36.2 Å². The monoisotopic (exact) mass is 585 g/mol. The van der Waals surface area contributed by atoms with Gasteiger partial charge in [-0.15, -0.1) is 0 Å². The van der Waals surface area contributed by atoms with E-state index in [1.54, 1.807) is 11.4 Å². The molecule has 1 aliphatic carbocycles. The smallest absolute Gasteiger partial charge is 0.253 e. The molecule has 226 valence electrons. The van der Waals surface area contributed by atoms with Crippen molar-refractivity contribution in [1.29, 1.82) is 0 Å². The van der Waals surface area contributed by atoms with Gasteiger partial charge in [-0.25, -0.2) is 8.42 Å². The molecule has 41 heavy (non-hydrogen) atoms. The molecule has 0 atom stereocenters. The molecule has 8 nitrogen and oxygen atoms in total. The maximum atomic E-state index is 14.0. The first kappa shape index (κ1) is 30.3. The standard InChI is InChI=1S/C32H47N3O5S/c1-20(2)25-13-23(14-27-30(25)41(37,38)35(21(3)4)32(27,5)6)28-15-26(31(36)33-24-17-40-18-24)29(19-39-7)34(28)16-22-11-9-8-10-12-22/h13-15,20-22,24H,8-12,16-19H2,1-7H3,(H,33,36). The minimum absolute atomic E-state index is 0.00275. The van der Waals surface area contributed by atoms with Crippen LogP contribution in [0.25, 0.3) is 11.3 Å². The number of ether oxygens (including phenoxy) is 2. The second-order valence-corrected chi connectivity index (χ2v) is 14.9. The molecular formula is C32H47N3O5S. The fourth-order valence-corrected chi connectivity index (χ4v) is 9.78. The maximum absolute atomic E-state index is 14.0. The lowest BCUT2D eigenvalue weighted by atomic mass is 9.87. The number of amides is 1. The Kier molecular flexibility index (Phi) is 8.47. The fraction of sp³-hybridized carbons (Fsp3) is 0.656. The lowest BCUT2D eigenvalue weighted by Gasteiger charge is -2.33. The molecule has 3 aliphatic rings. The van der Waals surface area contributed by atoms with Gasteiger partial charge in [0.25, 0.3) is 5.91 Å². The van der Waals surface area contributed by atoms with Crippen molar-refractivity contribution in [3.8, 4) is 11.3 Å². The summed E-state index contributed by atoms with van der Waals surface area (Å²) < 4.78 is 42.8. The number of hydrogen-bond donors (Lipinski definition) is 1. The number of aromatic nitrogens is 1. The Morgan fingerprint density at radius 2 is 1.78 bits per heavy atom. The maximum Gasteiger partial charge on any atom is 0.253 e. The van der Waals surface area contributed by atoms with Crippen molar-refractivity contribution in [2.45, 2.75) is 115 Å². The van der Waals surface area contributed by atoms with Crippen LogP contribution in [0.2, 0.25) is 0 Å². The van der Waals surface area contributed by atoms with Crippen LogP contribution in [0.15, 0.2) is 23.1 Å². The Labute approximate surface area is 245 Å². The third kappa shape index (κ3) is 5.39. The highest BCUT2D eigenvalue weighted by molar-refractivity contribution is 7.89. The van der Waals surface area contributed by atoms with Crippen LogP contribution in [0.3, 0.4) is 0 Å². The van der Waals surface area contributed by atoms with E-state index >= 15 is 0 Å². The van der Waals surface area contributed by atoms with Gasteiger partial charge in [0.1, 0.15) is 0 Å². The van der Waals surface area contributed by atoms with Gasteiger partial charge in [0, 0.05) is 25.4 Å². The lowest BCUT2D eigenvalue weighted by Crippen LogP contribution is -2.48. The number of carbonyl (C=O) groups excluding carboxylic acids is 1. The summed E-state index contributed by atoms with van der Waals surface area (Å²) in [6.45, 7) is 14.2. The molecule has 0 bridgehead atoms. The molecule has 0 radical (unpaired) electrons. The predicted octanol–water partition coefficient (Wildman–Crippen LogP) is 5.78. The zero-order chi connectivity index (χ0) is 29.7. The molecule has 9 heteroatoms. The van der Waals surface area contributed by atoms with Crippen molar-refractivity contribution < 1.29 is 22.7 Å². The molecule has 2 aromatic rings. The van der Waals surface area contributed by atoms with Gasteiger partial charge in [0.15, 0.2) is 0 Å². The predicted molar refractivity (Wildman–Crippen MR) is 161 cm³/mol. The number of nitrogens with one attached hydrogen (secondary N) is 1. The zero-order valence-electron chi connectivity index (χ0n) is 25.7. The van der Waals surface area contributed by atoms with E-state index in [1.807, 2.05) is 39.8 Å². The third-order valence-corrected chi connectivity index (χ3v) is 11.5. The molecule has 2 fully saturated rings. The summed E-state index contributed by atoms with van der Waals surface area (Å²) in [7, 11) is -2.00. The van der Waals surface area contributed by atoms with Crippen molar-refractivity contribution in [2.24, 2.45) is 5.92 Å².